The number of aromatic nitrogens is 4. The van der Waals surface area contributed by atoms with Gasteiger partial charge in [0, 0.05) is 0 Å². The van der Waals surface area contributed by atoms with Crippen molar-refractivity contribution in [3.63, 3.8) is 0 Å². The van der Waals surface area contributed by atoms with Gasteiger partial charge in [0.2, 0.25) is 5.88 Å². The molecule has 0 aliphatic heterocycles. The maximum atomic E-state index is 5.96. The van der Waals surface area contributed by atoms with Crippen molar-refractivity contribution in [3.05, 3.63) is 66.1 Å². The molecular formula is C21H20N4O2. The van der Waals surface area contributed by atoms with Gasteiger partial charge in [-0.05, 0) is 68.3 Å². The van der Waals surface area contributed by atoms with E-state index in [0.29, 0.717) is 23.9 Å². The fraction of sp³-hybridized carbons (Fsp3) is 0.190. The molecule has 2 aromatic heterocycles. The maximum absolute atomic E-state index is 5.96. The van der Waals surface area contributed by atoms with Crippen LogP contribution < -0.4 is 9.47 Å². The highest BCUT2D eigenvalue weighted by Crippen LogP contribution is 2.29. The summed E-state index contributed by atoms with van der Waals surface area (Å²) in [5, 5.41) is 5.25. The third-order valence-corrected chi connectivity index (χ3v) is 4.41. The molecule has 0 saturated carbocycles. The molecule has 0 N–H and O–H groups in total. The Morgan fingerprint density at radius 3 is 2.44 bits per heavy atom. The highest BCUT2D eigenvalue weighted by atomic mass is 16.5. The standard InChI is InChI=1S/C21H20N4O2/c1-4-26-17-7-9-18(10-8-17)27-21-19-12-24-25(20(19)22-13-23-21)16-6-5-14(2)15(3)11-16/h5-13H,4H2,1-3H3. The second-order valence-corrected chi connectivity index (χ2v) is 6.25. The molecule has 2 aromatic carbocycles. The largest absolute Gasteiger partial charge is 0.494 e. The third-order valence-electron chi connectivity index (χ3n) is 4.41. The highest BCUT2D eigenvalue weighted by molar-refractivity contribution is 5.81. The molecule has 0 amide bonds. The first-order valence-electron chi connectivity index (χ1n) is 8.83. The molecule has 136 valence electrons. The predicted octanol–water partition coefficient (Wildman–Crippen LogP) is 4.62. The minimum Gasteiger partial charge on any atom is -0.494 e. The summed E-state index contributed by atoms with van der Waals surface area (Å²) < 4.78 is 13.2. The Bertz CT molecular complexity index is 1090. The Labute approximate surface area is 157 Å². The van der Waals surface area contributed by atoms with Crippen LogP contribution in [-0.2, 0) is 0 Å². The van der Waals surface area contributed by atoms with E-state index in [2.05, 4.69) is 41.0 Å². The van der Waals surface area contributed by atoms with Crippen LogP contribution in [0.3, 0.4) is 0 Å². The molecule has 4 aromatic rings. The fourth-order valence-corrected chi connectivity index (χ4v) is 2.83. The lowest BCUT2D eigenvalue weighted by Gasteiger charge is -2.08. The van der Waals surface area contributed by atoms with Crippen LogP contribution >= 0.6 is 0 Å². The molecule has 6 nitrogen and oxygen atoms in total. The molecule has 27 heavy (non-hydrogen) atoms. The summed E-state index contributed by atoms with van der Waals surface area (Å²) in [7, 11) is 0. The van der Waals surface area contributed by atoms with Crippen molar-refractivity contribution >= 4 is 11.0 Å². The second kappa shape index (κ2) is 7.07. The lowest BCUT2D eigenvalue weighted by atomic mass is 10.1. The Kier molecular flexibility index (Phi) is 4.46. The number of ether oxygens (including phenoxy) is 2. The topological polar surface area (TPSA) is 62.1 Å². The first kappa shape index (κ1) is 17.0. The Hall–Kier alpha value is -3.41. The van der Waals surface area contributed by atoms with Crippen molar-refractivity contribution < 1.29 is 9.47 Å². The molecule has 0 aliphatic rings. The molecule has 0 spiro atoms. The second-order valence-electron chi connectivity index (χ2n) is 6.25. The van der Waals surface area contributed by atoms with Crippen LogP contribution in [0, 0.1) is 13.8 Å². The number of benzene rings is 2. The maximum Gasteiger partial charge on any atom is 0.233 e. The van der Waals surface area contributed by atoms with Crippen LogP contribution in [-0.4, -0.2) is 26.4 Å². The smallest absolute Gasteiger partial charge is 0.233 e. The molecule has 0 bridgehead atoms. The van der Waals surface area contributed by atoms with Crippen LogP contribution in [0.2, 0.25) is 0 Å². The number of nitrogens with zero attached hydrogens (tertiary/aromatic N) is 4. The molecule has 4 rings (SSSR count). The van der Waals surface area contributed by atoms with Gasteiger partial charge in [0.25, 0.3) is 0 Å². The van der Waals surface area contributed by atoms with Gasteiger partial charge in [-0.1, -0.05) is 6.07 Å². The zero-order chi connectivity index (χ0) is 18.8. The van der Waals surface area contributed by atoms with E-state index in [1.807, 2.05) is 37.3 Å². The molecule has 0 atom stereocenters. The first-order chi connectivity index (χ1) is 13.2. The SMILES string of the molecule is CCOc1ccc(Oc2ncnc3c2cnn3-c2ccc(C)c(C)c2)cc1. The molecule has 0 unspecified atom stereocenters. The van der Waals surface area contributed by atoms with Gasteiger partial charge in [-0.2, -0.15) is 5.10 Å². The lowest BCUT2D eigenvalue weighted by Crippen LogP contribution is -1.99. The molecule has 6 heteroatoms. The van der Waals surface area contributed by atoms with Crippen molar-refractivity contribution in [1.29, 1.82) is 0 Å². The van der Waals surface area contributed by atoms with Crippen molar-refractivity contribution in [1.82, 2.24) is 19.7 Å². The number of hydrogen-bond acceptors (Lipinski definition) is 5. The summed E-state index contributed by atoms with van der Waals surface area (Å²) >= 11 is 0. The molecular weight excluding hydrogens is 340 g/mol. The summed E-state index contributed by atoms with van der Waals surface area (Å²) in [6, 6.07) is 13.7. The van der Waals surface area contributed by atoms with Crippen molar-refractivity contribution in [2.75, 3.05) is 6.61 Å². The Morgan fingerprint density at radius 1 is 0.926 bits per heavy atom. The van der Waals surface area contributed by atoms with E-state index in [-0.39, 0.29) is 0 Å². The molecule has 0 fully saturated rings. The molecule has 2 heterocycles. The van der Waals surface area contributed by atoms with Crippen LogP contribution in [0.5, 0.6) is 17.4 Å². The van der Waals surface area contributed by atoms with E-state index in [1.54, 1.807) is 10.9 Å². The summed E-state index contributed by atoms with van der Waals surface area (Å²) in [5.41, 5.74) is 4.11. The third kappa shape index (κ3) is 3.33. The van der Waals surface area contributed by atoms with Gasteiger partial charge < -0.3 is 9.47 Å². The van der Waals surface area contributed by atoms with Crippen LogP contribution in [0.4, 0.5) is 0 Å². The van der Waals surface area contributed by atoms with Crippen LogP contribution in [0.15, 0.2) is 55.0 Å². The summed E-state index contributed by atoms with van der Waals surface area (Å²) in [4.78, 5) is 8.68. The van der Waals surface area contributed by atoms with Gasteiger partial charge in [0.05, 0.1) is 18.5 Å². The fourth-order valence-electron chi connectivity index (χ4n) is 2.83. The number of aryl methyl sites for hydroxylation is 2. The monoisotopic (exact) mass is 360 g/mol. The van der Waals surface area contributed by atoms with Gasteiger partial charge in [0.1, 0.15) is 23.2 Å². The van der Waals surface area contributed by atoms with Gasteiger partial charge in [-0.3, -0.25) is 0 Å². The average molecular weight is 360 g/mol. The van der Waals surface area contributed by atoms with Gasteiger partial charge >= 0.3 is 0 Å². The van der Waals surface area contributed by atoms with E-state index >= 15 is 0 Å². The zero-order valence-corrected chi connectivity index (χ0v) is 15.5. The van der Waals surface area contributed by atoms with Gasteiger partial charge in [0.15, 0.2) is 5.65 Å². The quantitative estimate of drug-likeness (QED) is 0.519. The van der Waals surface area contributed by atoms with Crippen LogP contribution in [0.1, 0.15) is 18.1 Å². The first-order valence-corrected chi connectivity index (χ1v) is 8.83. The number of hydrogen-bond donors (Lipinski definition) is 0. The minimum atomic E-state index is 0.472. The lowest BCUT2D eigenvalue weighted by molar-refractivity contribution is 0.339. The van der Waals surface area contributed by atoms with Gasteiger partial charge in [-0.15, -0.1) is 0 Å². The van der Waals surface area contributed by atoms with Crippen molar-refractivity contribution in [2.24, 2.45) is 0 Å². The Balaban J connectivity index is 1.69. The van der Waals surface area contributed by atoms with E-state index in [4.69, 9.17) is 9.47 Å². The molecule has 0 aliphatic carbocycles. The normalized spacial score (nSPS) is 10.9. The zero-order valence-electron chi connectivity index (χ0n) is 15.5. The van der Waals surface area contributed by atoms with E-state index in [1.165, 1.54) is 17.5 Å². The van der Waals surface area contributed by atoms with E-state index in [0.717, 1.165) is 16.8 Å². The molecule has 0 radical (unpaired) electrons. The van der Waals surface area contributed by atoms with Gasteiger partial charge in [-0.25, -0.2) is 14.6 Å². The van der Waals surface area contributed by atoms with Crippen molar-refractivity contribution in [3.8, 4) is 23.1 Å². The molecule has 0 saturated heterocycles. The highest BCUT2D eigenvalue weighted by Gasteiger charge is 2.13. The Morgan fingerprint density at radius 2 is 1.70 bits per heavy atom. The summed E-state index contributed by atoms with van der Waals surface area (Å²) in [5.74, 6) is 1.96. The summed E-state index contributed by atoms with van der Waals surface area (Å²) in [6.45, 7) is 6.75. The number of rotatable bonds is 5. The van der Waals surface area contributed by atoms with E-state index < -0.39 is 0 Å². The average Bonchev–Trinajstić information content (AvgIpc) is 3.11. The van der Waals surface area contributed by atoms with E-state index in [9.17, 15) is 0 Å². The van der Waals surface area contributed by atoms with Crippen LogP contribution in [0.25, 0.3) is 16.7 Å². The van der Waals surface area contributed by atoms with Crippen molar-refractivity contribution in [2.45, 2.75) is 20.8 Å². The predicted molar refractivity (Wildman–Crippen MR) is 104 cm³/mol. The summed E-state index contributed by atoms with van der Waals surface area (Å²) in [6.07, 6.45) is 3.22. The minimum absolute atomic E-state index is 0.472. The number of fused-ring (bicyclic) bond motifs is 1.